The standard InChI is InChI=1S/C24H24N6/c1-2-8-19-22(16-29-14-13-26-24(29)20-11-6-7-12-25-20)27-17-30-15-21(28-23(19)30)18-9-4-3-5-10-18/h3-7,9-14,17,21H,2,8,15-16H2,1H3. The lowest BCUT2D eigenvalue weighted by Crippen LogP contribution is -2.32. The zero-order chi connectivity index (χ0) is 20.3. The lowest BCUT2D eigenvalue weighted by Gasteiger charge is -2.24. The Morgan fingerprint density at radius 3 is 2.67 bits per heavy atom. The van der Waals surface area contributed by atoms with Crippen molar-refractivity contribution in [2.45, 2.75) is 32.4 Å². The van der Waals surface area contributed by atoms with E-state index in [1.807, 2.05) is 43.0 Å². The van der Waals surface area contributed by atoms with Crippen molar-refractivity contribution in [3.05, 3.63) is 84.0 Å². The second-order valence-corrected chi connectivity index (χ2v) is 7.55. The van der Waals surface area contributed by atoms with E-state index in [1.165, 1.54) is 11.1 Å². The highest BCUT2D eigenvalue weighted by molar-refractivity contribution is 6.07. The molecule has 0 saturated heterocycles. The number of aliphatic imine (C=N–C) groups is 2. The lowest BCUT2D eigenvalue weighted by molar-refractivity contribution is 0.593. The van der Waals surface area contributed by atoms with E-state index in [2.05, 4.69) is 50.6 Å². The molecule has 0 saturated carbocycles. The smallest absolute Gasteiger partial charge is 0.158 e. The van der Waals surface area contributed by atoms with Gasteiger partial charge in [0.05, 0.1) is 31.2 Å². The Kier molecular flexibility index (Phi) is 4.97. The van der Waals surface area contributed by atoms with Gasteiger partial charge in [0.1, 0.15) is 11.5 Å². The fourth-order valence-electron chi connectivity index (χ4n) is 4.06. The Hall–Kier alpha value is -3.54. The third-order valence-electron chi connectivity index (χ3n) is 5.50. The van der Waals surface area contributed by atoms with Crippen LogP contribution in [0.5, 0.6) is 0 Å². The Bertz CT molecular complexity index is 1110. The van der Waals surface area contributed by atoms with Crippen molar-refractivity contribution in [1.82, 2.24) is 19.4 Å². The number of imidazole rings is 1. The molecule has 1 atom stereocenters. The van der Waals surface area contributed by atoms with Crippen molar-refractivity contribution in [3.8, 4) is 11.5 Å². The van der Waals surface area contributed by atoms with Gasteiger partial charge in [-0.3, -0.25) is 9.98 Å². The minimum atomic E-state index is 0.149. The van der Waals surface area contributed by atoms with E-state index >= 15 is 0 Å². The minimum Gasteiger partial charge on any atom is -0.324 e. The van der Waals surface area contributed by atoms with Crippen LogP contribution in [0.4, 0.5) is 0 Å². The van der Waals surface area contributed by atoms with E-state index in [9.17, 15) is 0 Å². The third-order valence-corrected chi connectivity index (χ3v) is 5.50. The fraction of sp³-hybridized carbons (Fsp3) is 0.250. The first-order valence-corrected chi connectivity index (χ1v) is 10.4. The summed E-state index contributed by atoms with van der Waals surface area (Å²) in [6.45, 7) is 3.70. The summed E-state index contributed by atoms with van der Waals surface area (Å²) in [7, 11) is 0. The van der Waals surface area contributed by atoms with E-state index in [4.69, 9.17) is 9.98 Å². The van der Waals surface area contributed by atoms with Crippen LogP contribution in [0.3, 0.4) is 0 Å². The van der Waals surface area contributed by atoms with Gasteiger partial charge >= 0.3 is 0 Å². The number of allylic oxidation sites excluding steroid dienone is 1. The third kappa shape index (κ3) is 3.45. The molecular formula is C24H24N6. The average Bonchev–Trinajstić information content (AvgIpc) is 3.44. The number of rotatable bonds is 6. The molecule has 2 aliphatic rings. The number of benzene rings is 1. The molecule has 0 spiro atoms. The Morgan fingerprint density at radius 2 is 1.87 bits per heavy atom. The molecule has 6 nitrogen and oxygen atoms in total. The fourth-order valence-corrected chi connectivity index (χ4v) is 4.06. The van der Waals surface area contributed by atoms with Crippen LogP contribution < -0.4 is 0 Å². The van der Waals surface area contributed by atoms with Gasteiger partial charge in [-0.1, -0.05) is 49.7 Å². The molecule has 2 aromatic heterocycles. The second-order valence-electron chi connectivity index (χ2n) is 7.55. The molecule has 5 rings (SSSR count). The van der Waals surface area contributed by atoms with E-state index < -0.39 is 0 Å². The predicted octanol–water partition coefficient (Wildman–Crippen LogP) is 4.50. The molecule has 0 fully saturated rings. The highest BCUT2D eigenvalue weighted by atomic mass is 15.3. The normalized spacial score (nSPS) is 18.0. The van der Waals surface area contributed by atoms with Crippen LogP contribution in [0, 0.1) is 0 Å². The summed E-state index contributed by atoms with van der Waals surface area (Å²) in [6, 6.07) is 16.5. The van der Waals surface area contributed by atoms with Crippen LogP contribution in [0.2, 0.25) is 0 Å². The molecule has 0 radical (unpaired) electrons. The predicted molar refractivity (Wildman–Crippen MR) is 119 cm³/mol. The van der Waals surface area contributed by atoms with Crippen molar-refractivity contribution in [2.24, 2.45) is 9.98 Å². The number of amidine groups is 1. The van der Waals surface area contributed by atoms with Gasteiger partial charge in [0.25, 0.3) is 0 Å². The summed E-state index contributed by atoms with van der Waals surface area (Å²) in [4.78, 5) is 21.1. The maximum Gasteiger partial charge on any atom is 0.158 e. The van der Waals surface area contributed by atoms with E-state index in [-0.39, 0.29) is 6.04 Å². The summed E-state index contributed by atoms with van der Waals surface area (Å²) in [6.07, 6.45) is 9.55. The quantitative estimate of drug-likeness (QED) is 0.616. The molecule has 6 heteroatoms. The van der Waals surface area contributed by atoms with Gasteiger partial charge in [-0.05, 0) is 24.1 Å². The first kappa shape index (κ1) is 18.5. The van der Waals surface area contributed by atoms with Crippen LogP contribution in [0.15, 0.2) is 88.4 Å². The van der Waals surface area contributed by atoms with Crippen LogP contribution in [-0.4, -0.2) is 38.2 Å². The van der Waals surface area contributed by atoms with Crippen LogP contribution in [0.25, 0.3) is 11.5 Å². The number of nitrogens with zero attached hydrogens (tertiary/aromatic N) is 6. The van der Waals surface area contributed by atoms with E-state index in [0.29, 0.717) is 6.54 Å². The van der Waals surface area contributed by atoms with Crippen molar-refractivity contribution < 1.29 is 0 Å². The SMILES string of the molecule is CCCC1=C(Cn2ccnc2-c2ccccn2)N=CN2CC(c3ccccc3)N=C12. The van der Waals surface area contributed by atoms with E-state index in [0.717, 1.165) is 42.4 Å². The molecule has 0 aliphatic carbocycles. The van der Waals surface area contributed by atoms with E-state index in [1.54, 1.807) is 6.20 Å². The highest BCUT2D eigenvalue weighted by Gasteiger charge is 2.31. The molecule has 4 heterocycles. The van der Waals surface area contributed by atoms with Crippen molar-refractivity contribution in [3.63, 3.8) is 0 Å². The Labute approximate surface area is 176 Å². The number of pyridine rings is 1. The van der Waals surface area contributed by atoms with Crippen LogP contribution in [-0.2, 0) is 6.54 Å². The Balaban J connectivity index is 1.49. The van der Waals surface area contributed by atoms with Gasteiger partial charge < -0.3 is 9.47 Å². The van der Waals surface area contributed by atoms with Crippen LogP contribution >= 0.6 is 0 Å². The summed E-state index contributed by atoms with van der Waals surface area (Å²) in [5, 5.41) is 0. The lowest BCUT2D eigenvalue weighted by atomic mass is 10.1. The number of hydrogen-bond acceptors (Lipinski definition) is 5. The van der Waals surface area contributed by atoms with Crippen molar-refractivity contribution in [2.75, 3.05) is 6.54 Å². The van der Waals surface area contributed by atoms with Crippen molar-refractivity contribution in [1.29, 1.82) is 0 Å². The average molecular weight is 396 g/mol. The molecule has 1 unspecified atom stereocenters. The van der Waals surface area contributed by atoms with Crippen LogP contribution in [0.1, 0.15) is 31.4 Å². The largest absolute Gasteiger partial charge is 0.324 e. The summed E-state index contributed by atoms with van der Waals surface area (Å²) >= 11 is 0. The first-order chi connectivity index (χ1) is 14.8. The summed E-state index contributed by atoms with van der Waals surface area (Å²) in [5.74, 6) is 1.92. The maximum atomic E-state index is 5.10. The number of fused-ring (bicyclic) bond motifs is 1. The topological polar surface area (TPSA) is 58.7 Å². The van der Waals surface area contributed by atoms with Gasteiger partial charge in [0.15, 0.2) is 5.82 Å². The van der Waals surface area contributed by atoms with Gasteiger partial charge in [0, 0.05) is 24.2 Å². The van der Waals surface area contributed by atoms with Crippen molar-refractivity contribution >= 4 is 12.2 Å². The molecule has 30 heavy (non-hydrogen) atoms. The van der Waals surface area contributed by atoms with Gasteiger partial charge in [-0.2, -0.15) is 0 Å². The van der Waals surface area contributed by atoms with Gasteiger partial charge in [-0.25, -0.2) is 9.98 Å². The zero-order valence-electron chi connectivity index (χ0n) is 17.0. The van der Waals surface area contributed by atoms with Gasteiger partial charge in [0.2, 0.25) is 0 Å². The monoisotopic (exact) mass is 396 g/mol. The second kappa shape index (κ2) is 8.06. The summed E-state index contributed by atoms with van der Waals surface area (Å²) < 4.78 is 2.12. The number of aromatic nitrogens is 3. The molecule has 150 valence electrons. The molecule has 0 bridgehead atoms. The first-order valence-electron chi connectivity index (χ1n) is 10.4. The maximum absolute atomic E-state index is 5.10. The van der Waals surface area contributed by atoms with Gasteiger partial charge in [-0.15, -0.1) is 0 Å². The zero-order valence-corrected chi connectivity index (χ0v) is 17.0. The molecule has 0 amide bonds. The summed E-state index contributed by atoms with van der Waals surface area (Å²) in [5.41, 5.74) is 4.40. The molecule has 0 N–H and O–H groups in total. The molecular weight excluding hydrogens is 372 g/mol. The number of hydrogen-bond donors (Lipinski definition) is 0. The Morgan fingerprint density at radius 1 is 1.00 bits per heavy atom. The molecule has 1 aromatic carbocycles. The minimum absolute atomic E-state index is 0.149. The molecule has 2 aliphatic heterocycles. The molecule has 3 aromatic rings. The highest BCUT2D eigenvalue weighted by Crippen LogP contribution is 2.32.